The van der Waals surface area contributed by atoms with E-state index in [1.807, 2.05) is 0 Å². The summed E-state index contributed by atoms with van der Waals surface area (Å²) in [6.45, 7) is 0. The Morgan fingerprint density at radius 3 is 1.71 bits per heavy atom. The van der Waals surface area contributed by atoms with Crippen LogP contribution in [0.1, 0.15) is 36.3 Å². The zero-order valence-corrected chi connectivity index (χ0v) is 14.1. The van der Waals surface area contributed by atoms with Crippen molar-refractivity contribution in [3.63, 3.8) is 0 Å². The van der Waals surface area contributed by atoms with Crippen LogP contribution in [-0.4, -0.2) is 16.3 Å². The van der Waals surface area contributed by atoms with E-state index >= 15 is 0 Å². The van der Waals surface area contributed by atoms with Crippen LogP contribution in [0.4, 0.5) is 35.1 Å². The highest BCUT2D eigenvalue weighted by Gasteiger charge is 2.32. The van der Waals surface area contributed by atoms with Gasteiger partial charge in [0, 0.05) is 12.4 Å². The van der Waals surface area contributed by atoms with Gasteiger partial charge in [-0.2, -0.15) is 26.3 Å². The Morgan fingerprint density at radius 1 is 0.806 bits per heavy atom. The normalized spacial score (nSPS) is 10.8. The first-order chi connectivity index (χ1) is 13.4. The number of halogens is 8. The van der Waals surface area contributed by atoms with Crippen LogP contribution in [0.2, 0.25) is 0 Å². The molecule has 0 aliphatic heterocycles. The molecule has 0 aliphatic carbocycles. The van der Waals surface area contributed by atoms with E-state index in [4.69, 9.17) is 0 Å². The van der Waals surface area contributed by atoms with Crippen molar-refractivity contribution >= 4 is 6.29 Å². The lowest BCUT2D eigenvalue weighted by molar-refractivity contribution is -0.138. The van der Waals surface area contributed by atoms with Crippen LogP contribution in [0.5, 0.6) is 0 Å². The summed E-state index contributed by atoms with van der Waals surface area (Å²) in [5, 5.41) is 0. The van der Waals surface area contributed by atoms with Crippen molar-refractivity contribution < 1.29 is 39.9 Å². The first kappa shape index (κ1) is 27.8. The van der Waals surface area contributed by atoms with Crippen molar-refractivity contribution in [2.24, 2.45) is 0 Å². The summed E-state index contributed by atoms with van der Waals surface area (Å²) in [5.74, 6) is -1.92. The first-order valence-electron chi connectivity index (χ1n) is 7.62. The average Bonchev–Trinajstić information content (AvgIpc) is 3.15. The van der Waals surface area contributed by atoms with E-state index in [1.54, 1.807) is 0 Å². The summed E-state index contributed by atoms with van der Waals surface area (Å²) < 4.78 is 98.6. The second kappa shape index (κ2) is 10.7. The van der Waals surface area contributed by atoms with E-state index in [0.29, 0.717) is 18.2 Å². The van der Waals surface area contributed by atoms with Gasteiger partial charge in [0.25, 0.3) is 0 Å². The van der Waals surface area contributed by atoms with Gasteiger partial charge in [-0.05, 0) is 36.4 Å². The third kappa shape index (κ3) is 7.19. The van der Waals surface area contributed by atoms with E-state index in [0.717, 1.165) is 18.2 Å². The van der Waals surface area contributed by atoms with Gasteiger partial charge in [-0.1, -0.05) is 14.9 Å². The number of alkyl halides is 6. The minimum atomic E-state index is -4.58. The lowest BCUT2D eigenvalue weighted by atomic mass is 10.1. The number of carbonyl (C=O) groups is 1. The molecule has 0 aliphatic rings. The largest absolute Gasteiger partial charge is 0.416 e. The summed E-state index contributed by atoms with van der Waals surface area (Å²) in [6, 6.07) is 4.08. The Hall–Kier alpha value is -3.24. The van der Waals surface area contributed by atoms with Gasteiger partial charge in [0.1, 0.15) is 17.5 Å². The van der Waals surface area contributed by atoms with Crippen molar-refractivity contribution in [1.29, 1.82) is 0 Å². The number of carbonyl (C=O) groups excluding carboxylic acids is 1. The minimum absolute atomic E-state index is 0. The Kier molecular flexibility index (Phi) is 9.57. The number of aromatic amines is 1. The molecule has 3 nitrogen and oxygen atoms in total. The second-order valence-corrected chi connectivity index (χ2v) is 5.48. The molecule has 0 radical (unpaired) electrons. The fraction of sp³-hybridized carbons (Fsp3) is 0.200. The topological polar surface area (TPSA) is 45.8 Å². The predicted molar refractivity (Wildman–Crippen MR) is 99.2 cm³/mol. The lowest BCUT2D eigenvalue weighted by Crippen LogP contribution is -2.05. The standard InChI is InChI=1S/C10H6F4N2.C8H4F4O.2CH4/c11-8-5-6(10(12,13)14)1-2-7(8)9-15-3-4-16-9;9-7-3-6(8(10,11)12)2-1-5(7)4-13;;/h1-5H,(H,15,16);1-4H;2*1H4. The molecule has 0 amide bonds. The maximum Gasteiger partial charge on any atom is 0.416 e. The Balaban J connectivity index is 0.000000557. The molecule has 3 aromatic rings. The van der Waals surface area contributed by atoms with Crippen LogP contribution in [0.3, 0.4) is 0 Å². The molecule has 1 N–H and O–H groups in total. The van der Waals surface area contributed by atoms with Crippen molar-refractivity contribution in [1.82, 2.24) is 9.97 Å². The molecule has 0 saturated carbocycles. The highest BCUT2D eigenvalue weighted by Crippen LogP contribution is 2.32. The third-order valence-electron chi connectivity index (χ3n) is 3.50. The third-order valence-corrected chi connectivity index (χ3v) is 3.50. The molecule has 1 heterocycles. The number of rotatable bonds is 2. The van der Waals surface area contributed by atoms with Crippen LogP contribution in [0.15, 0.2) is 48.8 Å². The smallest absolute Gasteiger partial charge is 0.345 e. The molecule has 0 atom stereocenters. The Labute approximate surface area is 172 Å². The van der Waals surface area contributed by atoms with Gasteiger partial charge in [-0.25, -0.2) is 13.8 Å². The summed E-state index contributed by atoms with van der Waals surface area (Å²) in [6.07, 6.45) is -6.10. The molecule has 0 spiro atoms. The first-order valence-corrected chi connectivity index (χ1v) is 7.62. The maximum absolute atomic E-state index is 13.4. The molecule has 1 aromatic heterocycles. The average molecular weight is 454 g/mol. The van der Waals surface area contributed by atoms with Gasteiger partial charge in [0.2, 0.25) is 0 Å². The van der Waals surface area contributed by atoms with E-state index in [2.05, 4.69) is 9.97 Å². The molecule has 0 unspecified atom stereocenters. The summed E-state index contributed by atoms with van der Waals surface area (Å²) in [5.41, 5.74) is -2.48. The molecule has 170 valence electrons. The van der Waals surface area contributed by atoms with Gasteiger partial charge in [0.05, 0.1) is 22.3 Å². The number of benzene rings is 2. The van der Waals surface area contributed by atoms with Gasteiger partial charge in [-0.3, -0.25) is 4.79 Å². The number of hydrogen-bond acceptors (Lipinski definition) is 2. The predicted octanol–water partition coefficient (Wildman–Crippen LogP) is 7.16. The zero-order chi connectivity index (χ0) is 21.8. The minimum Gasteiger partial charge on any atom is -0.345 e. The molecule has 11 heteroatoms. The van der Waals surface area contributed by atoms with Gasteiger partial charge < -0.3 is 4.98 Å². The number of imidazole rings is 1. The molecule has 0 fully saturated rings. The number of hydrogen-bond donors (Lipinski definition) is 1. The van der Waals surface area contributed by atoms with Crippen molar-refractivity contribution in [3.8, 4) is 11.4 Å². The number of H-pyrrole nitrogens is 1. The number of aromatic nitrogens is 2. The Bertz CT molecular complexity index is 980. The molecular weight excluding hydrogens is 436 g/mol. The van der Waals surface area contributed by atoms with Crippen molar-refractivity contribution in [2.45, 2.75) is 27.2 Å². The van der Waals surface area contributed by atoms with Crippen molar-refractivity contribution in [2.75, 3.05) is 0 Å². The molecule has 2 aromatic carbocycles. The van der Waals surface area contributed by atoms with Crippen molar-refractivity contribution in [3.05, 3.63) is 77.1 Å². The fourth-order valence-corrected chi connectivity index (χ4v) is 2.10. The van der Waals surface area contributed by atoms with Crippen LogP contribution < -0.4 is 0 Å². The van der Waals surface area contributed by atoms with Crippen LogP contribution >= 0.6 is 0 Å². The SMILES string of the molecule is C.C.Fc1cc(C(F)(F)F)ccc1-c1ncc[nH]1.O=Cc1ccc(C(F)(F)F)cc1F. The Morgan fingerprint density at radius 2 is 1.32 bits per heavy atom. The van der Waals surface area contributed by atoms with E-state index in [9.17, 15) is 39.9 Å². The maximum atomic E-state index is 13.4. The fourth-order valence-electron chi connectivity index (χ4n) is 2.10. The van der Waals surface area contributed by atoms with E-state index in [1.165, 1.54) is 12.4 Å². The molecule has 3 rings (SSSR count). The number of nitrogens with one attached hydrogen (secondary N) is 1. The monoisotopic (exact) mass is 454 g/mol. The molecular formula is C20H18F8N2O. The highest BCUT2D eigenvalue weighted by atomic mass is 19.4. The highest BCUT2D eigenvalue weighted by molar-refractivity contribution is 5.75. The van der Waals surface area contributed by atoms with Crippen LogP contribution in [0.25, 0.3) is 11.4 Å². The molecule has 31 heavy (non-hydrogen) atoms. The number of nitrogens with zero attached hydrogens (tertiary/aromatic N) is 1. The summed E-state index contributed by atoms with van der Waals surface area (Å²) in [7, 11) is 0. The van der Waals surface area contributed by atoms with E-state index in [-0.39, 0.29) is 38.1 Å². The second-order valence-electron chi connectivity index (χ2n) is 5.48. The molecule has 0 saturated heterocycles. The van der Waals surface area contributed by atoms with Gasteiger partial charge >= 0.3 is 12.4 Å². The molecule has 0 bridgehead atoms. The van der Waals surface area contributed by atoms with Crippen LogP contribution in [-0.2, 0) is 12.4 Å². The lowest BCUT2D eigenvalue weighted by Gasteiger charge is -2.07. The summed E-state index contributed by atoms with van der Waals surface area (Å²) >= 11 is 0. The quantitative estimate of drug-likeness (QED) is 0.330. The van der Waals surface area contributed by atoms with Gasteiger partial charge in [0.15, 0.2) is 6.29 Å². The number of aldehydes is 1. The van der Waals surface area contributed by atoms with Gasteiger partial charge in [-0.15, -0.1) is 0 Å². The zero-order valence-electron chi connectivity index (χ0n) is 14.1. The van der Waals surface area contributed by atoms with E-state index < -0.39 is 35.1 Å². The summed E-state index contributed by atoms with van der Waals surface area (Å²) in [4.78, 5) is 16.4. The van der Waals surface area contributed by atoms with Crippen LogP contribution in [0, 0.1) is 11.6 Å².